The molecule has 0 bridgehead atoms. The van der Waals surface area contributed by atoms with Gasteiger partial charge in [0.1, 0.15) is 11.6 Å². The summed E-state index contributed by atoms with van der Waals surface area (Å²) in [5.74, 6) is 1.45. The van der Waals surface area contributed by atoms with E-state index in [1.54, 1.807) is 24.5 Å². The Balaban J connectivity index is 2.28. The third-order valence-electron chi connectivity index (χ3n) is 1.96. The molecule has 0 unspecified atom stereocenters. The smallest absolute Gasteiger partial charge is 0.254 e. The number of aryl methyl sites for hydroxylation is 1. The molecule has 2 aromatic rings. The average molecular weight is 217 g/mol. The summed E-state index contributed by atoms with van der Waals surface area (Å²) in [7, 11) is 0. The summed E-state index contributed by atoms with van der Waals surface area (Å²) in [4.78, 5) is 21.9. The molecule has 2 heterocycles. The number of aromatic nitrogens is 3. The lowest BCUT2D eigenvalue weighted by atomic mass is 10.4. The van der Waals surface area contributed by atoms with Crippen LogP contribution in [0.3, 0.4) is 0 Å². The first-order chi connectivity index (χ1) is 7.78. The van der Waals surface area contributed by atoms with E-state index in [1.807, 2.05) is 6.92 Å². The van der Waals surface area contributed by atoms with Crippen molar-refractivity contribution in [3.8, 4) is 11.6 Å². The third kappa shape index (κ3) is 2.44. The topological polar surface area (TPSA) is 67.9 Å². The van der Waals surface area contributed by atoms with Crippen LogP contribution in [0.15, 0.2) is 35.4 Å². The van der Waals surface area contributed by atoms with E-state index in [4.69, 9.17) is 4.74 Å². The van der Waals surface area contributed by atoms with Gasteiger partial charge in [-0.05, 0) is 12.1 Å². The Labute approximate surface area is 92.2 Å². The van der Waals surface area contributed by atoms with E-state index in [0.717, 1.165) is 0 Å². The lowest BCUT2D eigenvalue weighted by Crippen LogP contribution is -2.10. The van der Waals surface area contributed by atoms with Crippen LogP contribution in [0.2, 0.25) is 0 Å². The largest absolute Gasteiger partial charge is 0.437 e. The Hall–Kier alpha value is -2.17. The standard InChI is InChI=1S/C11H11N3O2/c1-2-9-13-10(15)6-11(14-9)16-8-4-3-5-12-7-8/h3-7H,2H2,1H3,(H,13,14,15). The number of hydrogen-bond donors (Lipinski definition) is 1. The highest BCUT2D eigenvalue weighted by molar-refractivity contribution is 5.22. The molecular formula is C11H11N3O2. The van der Waals surface area contributed by atoms with E-state index >= 15 is 0 Å². The summed E-state index contributed by atoms with van der Waals surface area (Å²) in [5, 5.41) is 0. The molecule has 0 aromatic carbocycles. The highest BCUT2D eigenvalue weighted by atomic mass is 16.5. The Morgan fingerprint density at radius 2 is 2.38 bits per heavy atom. The van der Waals surface area contributed by atoms with Crippen LogP contribution in [0.5, 0.6) is 11.6 Å². The van der Waals surface area contributed by atoms with Gasteiger partial charge in [-0.3, -0.25) is 9.78 Å². The molecule has 0 amide bonds. The quantitative estimate of drug-likeness (QED) is 0.846. The third-order valence-corrected chi connectivity index (χ3v) is 1.96. The van der Waals surface area contributed by atoms with E-state index in [-0.39, 0.29) is 11.4 Å². The predicted octanol–water partition coefficient (Wildman–Crippen LogP) is 1.52. The van der Waals surface area contributed by atoms with Crippen molar-refractivity contribution in [2.45, 2.75) is 13.3 Å². The number of rotatable bonds is 3. The fraction of sp³-hybridized carbons (Fsp3) is 0.182. The van der Waals surface area contributed by atoms with E-state index in [0.29, 0.717) is 18.0 Å². The minimum Gasteiger partial charge on any atom is -0.437 e. The lowest BCUT2D eigenvalue weighted by Gasteiger charge is -2.04. The highest BCUT2D eigenvalue weighted by Gasteiger charge is 2.02. The average Bonchev–Trinajstić information content (AvgIpc) is 2.29. The maximum Gasteiger partial charge on any atom is 0.254 e. The van der Waals surface area contributed by atoms with Gasteiger partial charge in [-0.2, -0.15) is 4.98 Å². The molecule has 0 radical (unpaired) electrons. The first-order valence-electron chi connectivity index (χ1n) is 4.96. The molecule has 0 aliphatic carbocycles. The molecule has 2 rings (SSSR count). The molecule has 16 heavy (non-hydrogen) atoms. The van der Waals surface area contributed by atoms with Gasteiger partial charge in [-0.25, -0.2) is 0 Å². The molecule has 5 nitrogen and oxygen atoms in total. The monoisotopic (exact) mass is 217 g/mol. The Morgan fingerprint density at radius 1 is 1.50 bits per heavy atom. The van der Waals surface area contributed by atoms with Crippen LogP contribution in [-0.2, 0) is 6.42 Å². The second-order valence-corrected chi connectivity index (χ2v) is 3.17. The zero-order valence-electron chi connectivity index (χ0n) is 8.80. The lowest BCUT2D eigenvalue weighted by molar-refractivity contribution is 0.455. The molecule has 0 aliphatic heterocycles. The van der Waals surface area contributed by atoms with Crippen LogP contribution in [0, 0.1) is 0 Å². The summed E-state index contributed by atoms with van der Waals surface area (Å²) in [6.45, 7) is 1.91. The van der Waals surface area contributed by atoms with Gasteiger partial charge in [0.25, 0.3) is 5.56 Å². The van der Waals surface area contributed by atoms with Crippen molar-refractivity contribution in [3.05, 3.63) is 46.8 Å². The van der Waals surface area contributed by atoms with Crippen molar-refractivity contribution in [3.63, 3.8) is 0 Å². The van der Waals surface area contributed by atoms with Crippen molar-refractivity contribution in [2.75, 3.05) is 0 Å². The molecule has 0 atom stereocenters. The first kappa shape index (κ1) is 10.4. The van der Waals surface area contributed by atoms with E-state index in [1.165, 1.54) is 6.07 Å². The van der Waals surface area contributed by atoms with Gasteiger partial charge in [0.05, 0.1) is 12.3 Å². The molecule has 82 valence electrons. The second kappa shape index (κ2) is 4.57. The SMILES string of the molecule is CCc1nc(Oc2cccnc2)cc(=O)[nH]1. The second-order valence-electron chi connectivity index (χ2n) is 3.17. The zero-order chi connectivity index (χ0) is 11.4. The molecule has 0 aliphatic rings. The number of nitrogens with one attached hydrogen (secondary N) is 1. The van der Waals surface area contributed by atoms with Crippen molar-refractivity contribution in [1.29, 1.82) is 0 Å². The predicted molar refractivity (Wildman–Crippen MR) is 58.5 cm³/mol. The van der Waals surface area contributed by atoms with Crippen molar-refractivity contribution >= 4 is 0 Å². The number of nitrogens with zero attached hydrogens (tertiary/aromatic N) is 2. The van der Waals surface area contributed by atoms with Crippen LogP contribution in [0.1, 0.15) is 12.7 Å². The number of hydrogen-bond acceptors (Lipinski definition) is 4. The van der Waals surface area contributed by atoms with Gasteiger partial charge in [-0.1, -0.05) is 6.92 Å². The summed E-state index contributed by atoms with van der Waals surface area (Å²) in [5.41, 5.74) is -0.217. The number of pyridine rings is 1. The normalized spacial score (nSPS) is 10.1. The van der Waals surface area contributed by atoms with Gasteiger partial charge < -0.3 is 9.72 Å². The van der Waals surface area contributed by atoms with Gasteiger partial charge >= 0.3 is 0 Å². The molecule has 2 aromatic heterocycles. The Kier molecular flexibility index (Phi) is 2.95. The van der Waals surface area contributed by atoms with Crippen molar-refractivity contribution in [1.82, 2.24) is 15.0 Å². The van der Waals surface area contributed by atoms with Crippen LogP contribution >= 0.6 is 0 Å². The van der Waals surface area contributed by atoms with Gasteiger partial charge in [0.15, 0.2) is 0 Å². The fourth-order valence-corrected chi connectivity index (χ4v) is 1.23. The molecule has 0 fully saturated rings. The minimum atomic E-state index is -0.217. The molecule has 0 saturated carbocycles. The Bertz CT molecular complexity index is 522. The van der Waals surface area contributed by atoms with E-state index in [9.17, 15) is 4.79 Å². The minimum absolute atomic E-state index is 0.217. The van der Waals surface area contributed by atoms with E-state index in [2.05, 4.69) is 15.0 Å². The Morgan fingerprint density at radius 3 is 3.06 bits per heavy atom. The molecule has 5 heteroatoms. The molecular weight excluding hydrogens is 206 g/mol. The van der Waals surface area contributed by atoms with Crippen LogP contribution in [-0.4, -0.2) is 15.0 Å². The molecule has 0 spiro atoms. The van der Waals surface area contributed by atoms with Crippen LogP contribution in [0.4, 0.5) is 0 Å². The first-order valence-corrected chi connectivity index (χ1v) is 4.96. The number of H-pyrrole nitrogens is 1. The van der Waals surface area contributed by atoms with Gasteiger partial charge in [0, 0.05) is 12.6 Å². The summed E-state index contributed by atoms with van der Waals surface area (Å²) in [6, 6.07) is 4.82. The summed E-state index contributed by atoms with van der Waals surface area (Å²) in [6.07, 6.45) is 3.86. The van der Waals surface area contributed by atoms with Crippen LogP contribution < -0.4 is 10.3 Å². The number of aromatic amines is 1. The maximum absolute atomic E-state index is 11.3. The van der Waals surface area contributed by atoms with Crippen LogP contribution in [0.25, 0.3) is 0 Å². The molecule has 1 N–H and O–H groups in total. The maximum atomic E-state index is 11.3. The summed E-state index contributed by atoms with van der Waals surface area (Å²) < 4.78 is 5.41. The number of ether oxygens (including phenoxy) is 1. The van der Waals surface area contributed by atoms with Gasteiger partial charge in [-0.15, -0.1) is 0 Å². The fourth-order valence-electron chi connectivity index (χ4n) is 1.23. The van der Waals surface area contributed by atoms with E-state index < -0.39 is 0 Å². The highest BCUT2D eigenvalue weighted by Crippen LogP contribution is 2.15. The van der Waals surface area contributed by atoms with Crippen molar-refractivity contribution < 1.29 is 4.74 Å². The van der Waals surface area contributed by atoms with Crippen molar-refractivity contribution in [2.24, 2.45) is 0 Å². The zero-order valence-corrected chi connectivity index (χ0v) is 8.80. The summed E-state index contributed by atoms with van der Waals surface area (Å²) >= 11 is 0. The molecule has 0 saturated heterocycles. The van der Waals surface area contributed by atoms with Gasteiger partial charge in [0.2, 0.25) is 5.88 Å².